The molecule has 1 N–H and O–H groups in total. The van der Waals surface area contributed by atoms with Crippen LogP contribution in [-0.4, -0.2) is 50.3 Å². The summed E-state index contributed by atoms with van der Waals surface area (Å²) in [5.74, 6) is -0.926. The maximum Gasteiger partial charge on any atom is 0.269 e. The van der Waals surface area contributed by atoms with E-state index in [4.69, 9.17) is 9.47 Å². The van der Waals surface area contributed by atoms with E-state index in [2.05, 4.69) is 10.3 Å². The molecule has 3 aliphatic rings. The number of benzene rings is 4. The van der Waals surface area contributed by atoms with Crippen molar-refractivity contribution in [2.75, 3.05) is 16.4 Å². The number of aliphatic hydroxyl groups is 1. The molecule has 8 rings (SSSR count). The summed E-state index contributed by atoms with van der Waals surface area (Å²) >= 11 is 0. The molecule has 5 aromatic rings. The highest BCUT2D eigenvalue weighted by molar-refractivity contribution is 6.08. The number of aliphatic hydroxyl groups excluding tert-OH is 1. The molecule has 0 unspecified atom stereocenters. The number of hydrogen-bond donors (Lipinski definition) is 1. The number of alkyl halides is 1. The standard InChI is InChI=1S/C41H40FN5O5/c1-26-37(40(2,3)42)35(20-21-45-24-31(43-44-45)38(49)28-13-5-4-6-14-28)52-41(26)30-16-7-8-17-32(30)46(39(41)50)23-27-12-11-15-29(22-27)47-33-18-9-10-19-34(33)51-25-36(47)48/h4-19,22,24,26,35,37-38,49H,20-21,23,25H2,1-3H3/t26-,35+,37-,38+,41+/m0/s1. The fourth-order valence-electron chi connectivity index (χ4n) is 8.40. The minimum absolute atomic E-state index is 0.0715. The molecule has 1 aromatic heterocycles. The first-order chi connectivity index (χ1) is 25.1. The van der Waals surface area contributed by atoms with Crippen molar-refractivity contribution < 1.29 is 28.6 Å². The number of para-hydroxylation sites is 3. The van der Waals surface area contributed by atoms with Crippen LogP contribution in [0, 0.1) is 11.8 Å². The maximum absolute atomic E-state index is 16.2. The Kier molecular flexibility index (Phi) is 8.42. The molecule has 10 nitrogen and oxygen atoms in total. The van der Waals surface area contributed by atoms with Crippen molar-refractivity contribution in [3.05, 3.63) is 132 Å². The van der Waals surface area contributed by atoms with Crippen LogP contribution >= 0.6 is 0 Å². The summed E-state index contributed by atoms with van der Waals surface area (Å²) in [5.41, 5.74) is 1.63. The topological polar surface area (TPSA) is 110 Å². The van der Waals surface area contributed by atoms with E-state index in [1.54, 1.807) is 34.5 Å². The third kappa shape index (κ3) is 5.64. The van der Waals surface area contributed by atoms with Crippen LogP contribution in [0.15, 0.2) is 109 Å². The highest BCUT2D eigenvalue weighted by Crippen LogP contribution is 2.58. The van der Waals surface area contributed by atoms with E-state index in [0.717, 1.165) is 5.56 Å². The van der Waals surface area contributed by atoms with E-state index < -0.39 is 35.3 Å². The molecule has 11 heteroatoms. The third-order valence-electron chi connectivity index (χ3n) is 10.7. The summed E-state index contributed by atoms with van der Waals surface area (Å²) in [6.45, 7) is 5.51. The predicted molar refractivity (Wildman–Crippen MR) is 193 cm³/mol. The quantitative estimate of drug-likeness (QED) is 0.183. The Labute approximate surface area is 301 Å². The molecule has 0 radical (unpaired) electrons. The summed E-state index contributed by atoms with van der Waals surface area (Å²) in [7, 11) is 0. The van der Waals surface area contributed by atoms with Crippen molar-refractivity contribution >= 4 is 28.9 Å². The van der Waals surface area contributed by atoms with Crippen molar-refractivity contribution in [2.24, 2.45) is 11.8 Å². The van der Waals surface area contributed by atoms with Gasteiger partial charge in [0.1, 0.15) is 23.2 Å². The number of amides is 2. The van der Waals surface area contributed by atoms with Gasteiger partial charge in [-0.1, -0.05) is 84.9 Å². The summed E-state index contributed by atoms with van der Waals surface area (Å²) in [5, 5.41) is 19.3. The molecule has 1 saturated heterocycles. The number of carbonyl (C=O) groups excluding carboxylic acids is 2. The van der Waals surface area contributed by atoms with E-state index in [-0.39, 0.29) is 25.0 Å². The van der Waals surface area contributed by atoms with Crippen LogP contribution < -0.4 is 14.5 Å². The van der Waals surface area contributed by atoms with E-state index in [1.807, 2.05) is 110 Å². The fraction of sp³-hybridized carbons (Fsp3) is 0.317. The number of fused-ring (bicyclic) bond motifs is 3. The minimum Gasteiger partial charge on any atom is -0.482 e. The van der Waals surface area contributed by atoms with Gasteiger partial charge in [-0.15, -0.1) is 5.10 Å². The van der Waals surface area contributed by atoms with Crippen LogP contribution in [0.25, 0.3) is 0 Å². The average molecular weight is 702 g/mol. The predicted octanol–water partition coefficient (Wildman–Crippen LogP) is 6.65. The Balaban J connectivity index is 1.07. The summed E-state index contributed by atoms with van der Waals surface area (Å²) in [4.78, 5) is 31.3. The smallest absolute Gasteiger partial charge is 0.269 e. The number of halogens is 1. The lowest BCUT2D eigenvalue weighted by Crippen LogP contribution is -2.45. The van der Waals surface area contributed by atoms with Gasteiger partial charge >= 0.3 is 0 Å². The van der Waals surface area contributed by atoms with Crippen molar-refractivity contribution in [2.45, 2.75) is 63.8 Å². The maximum atomic E-state index is 16.2. The van der Waals surface area contributed by atoms with Crippen LogP contribution in [0.3, 0.4) is 0 Å². The molecule has 0 bridgehead atoms. The number of ether oxygens (including phenoxy) is 2. The number of aromatic nitrogens is 3. The van der Waals surface area contributed by atoms with Gasteiger partial charge in [0.15, 0.2) is 12.2 Å². The Morgan fingerprint density at radius 3 is 2.48 bits per heavy atom. The number of carbonyl (C=O) groups is 2. The number of rotatable bonds is 9. The van der Waals surface area contributed by atoms with E-state index in [1.165, 1.54) is 0 Å². The van der Waals surface area contributed by atoms with Crippen LogP contribution in [0.2, 0.25) is 0 Å². The van der Waals surface area contributed by atoms with Crippen molar-refractivity contribution in [3.63, 3.8) is 0 Å². The Morgan fingerprint density at radius 1 is 0.962 bits per heavy atom. The van der Waals surface area contributed by atoms with Crippen molar-refractivity contribution in [1.82, 2.24) is 15.0 Å². The zero-order valence-corrected chi connectivity index (χ0v) is 29.2. The molecule has 1 fully saturated rings. The third-order valence-corrected chi connectivity index (χ3v) is 10.7. The summed E-state index contributed by atoms with van der Waals surface area (Å²) in [6.07, 6.45) is 0.523. The Bertz CT molecular complexity index is 2130. The number of nitrogens with zero attached hydrogens (tertiary/aromatic N) is 5. The zero-order valence-electron chi connectivity index (χ0n) is 29.2. The zero-order chi connectivity index (χ0) is 36.2. The first-order valence-corrected chi connectivity index (χ1v) is 17.6. The Morgan fingerprint density at radius 2 is 1.69 bits per heavy atom. The first kappa shape index (κ1) is 33.7. The molecule has 5 atom stereocenters. The van der Waals surface area contributed by atoms with Gasteiger partial charge in [0, 0.05) is 29.6 Å². The normalized spacial score (nSPS) is 23.1. The molecular weight excluding hydrogens is 661 g/mol. The summed E-state index contributed by atoms with van der Waals surface area (Å²) < 4.78 is 30.4. The van der Waals surface area contributed by atoms with Gasteiger partial charge in [0.2, 0.25) is 0 Å². The lowest BCUT2D eigenvalue weighted by molar-refractivity contribution is -0.146. The largest absolute Gasteiger partial charge is 0.482 e. The lowest BCUT2D eigenvalue weighted by Gasteiger charge is -2.32. The second-order valence-electron chi connectivity index (χ2n) is 14.3. The van der Waals surface area contributed by atoms with E-state index >= 15 is 4.39 Å². The van der Waals surface area contributed by atoms with E-state index in [9.17, 15) is 14.7 Å². The average Bonchev–Trinajstić information content (AvgIpc) is 3.81. The Hall–Kier alpha value is -5.39. The first-order valence-electron chi connectivity index (χ1n) is 17.6. The van der Waals surface area contributed by atoms with Gasteiger partial charge in [-0.05, 0) is 61.7 Å². The molecule has 4 heterocycles. The monoisotopic (exact) mass is 701 g/mol. The number of hydrogen-bond acceptors (Lipinski definition) is 7. The molecule has 266 valence electrons. The van der Waals surface area contributed by atoms with Crippen molar-refractivity contribution in [1.29, 1.82) is 0 Å². The number of aryl methyl sites for hydroxylation is 1. The molecule has 0 aliphatic carbocycles. The van der Waals surface area contributed by atoms with Crippen LogP contribution in [0.1, 0.15) is 55.7 Å². The van der Waals surface area contributed by atoms with Crippen LogP contribution in [0.5, 0.6) is 5.75 Å². The molecule has 2 amide bonds. The second kappa shape index (κ2) is 13.0. The SMILES string of the molecule is C[C@H]1[C@H](C(C)(C)F)[C@@H](CCn2cc([C@H](O)c3ccccc3)nn2)O[C@]12C(=O)N(Cc1cccc(N3C(=O)COc4ccccc43)c1)c1ccccc12. The fourth-order valence-corrected chi connectivity index (χ4v) is 8.40. The molecular formula is C41H40FN5O5. The molecule has 0 saturated carbocycles. The van der Waals surface area contributed by atoms with Gasteiger partial charge in [0.25, 0.3) is 11.8 Å². The van der Waals surface area contributed by atoms with Gasteiger partial charge in [-0.3, -0.25) is 19.2 Å². The summed E-state index contributed by atoms with van der Waals surface area (Å²) in [6, 6.07) is 31.8. The molecule has 3 aliphatic heterocycles. The minimum atomic E-state index is -1.66. The van der Waals surface area contributed by atoms with Gasteiger partial charge in [-0.2, -0.15) is 0 Å². The van der Waals surface area contributed by atoms with Crippen LogP contribution in [0.4, 0.5) is 21.5 Å². The van der Waals surface area contributed by atoms with Crippen LogP contribution in [-0.2, 0) is 33.0 Å². The van der Waals surface area contributed by atoms with Gasteiger partial charge in [-0.25, -0.2) is 4.39 Å². The van der Waals surface area contributed by atoms with E-state index in [0.29, 0.717) is 52.6 Å². The lowest BCUT2D eigenvalue weighted by atomic mass is 9.71. The van der Waals surface area contributed by atoms with Gasteiger partial charge in [0.05, 0.1) is 30.2 Å². The molecule has 1 spiro atoms. The molecule has 52 heavy (non-hydrogen) atoms. The highest BCUT2D eigenvalue weighted by atomic mass is 19.1. The highest BCUT2D eigenvalue weighted by Gasteiger charge is 2.66. The number of anilines is 3. The van der Waals surface area contributed by atoms with Gasteiger partial charge < -0.3 is 19.5 Å². The second-order valence-corrected chi connectivity index (χ2v) is 14.3. The molecule has 4 aromatic carbocycles. The van der Waals surface area contributed by atoms with Crippen molar-refractivity contribution in [3.8, 4) is 5.75 Å².